The maximum absolute atomic E-state index is 8.81. The number of methoxy groups -OCH3 is 1. The maximum Gasteiger partial charge on any atom is 0.0669 e. The fraction of sp³-hybridized carbons (Fsp3) is 0.941. The summed E-state index contributed by atoms with van der Waals surface area (Å²) in [6, 6.07) is 3.20. The van der Waals surface area contributed by atoms with Crippen LogP contribution in [0.4, 0.5) is 0 Å². The molecule has 1 saturated heterocycles. The summed E-state index contributed by atoms with van der Waals surface area (Å²) in [5.41, 5.74) is 0. The van der Waals surface area contributed by atoms with Crippen LogP contribution in [-0.2, 0) is 4.74 Å². The van der Waals surface area contributed by atoms with Gasteiger partial charge in [-0.15, -0.1) is 0 Å². The number of hydrogen-bond acceptors (Lipinski definition) is 3. The van der Waals surface area contributed by atoms with Crippen molar-refractivity contribution in [2.75, 3.05) is 26.8 Å². The van der Waals surface area contributed by atoms with Crippen molar-refractivity contribution in [3.05, 3.63) is 0 Å². The SMILES string of the molecule is CCC.CCOC.N#C[C@@H]1CCN(C2CCCCC2)C1. The van der Waals surface area contributed by atoms with Crippen LogP contribution >= 0.6 is 0 Å². The standard InChI is InChI=1S/C11H18N2.C3H8O.C3H8/c12-8-10-6-7-13(9-10)11-4-2-1-3-5-11;1-3-4-2;1-3-2/h10-11H,1-7,9H2;3H2,1-2H3;3H2,1-2H3/t10-;;/m0../s1. The lowest BCUT2D eigenvalue weighted by Crippen LogP contribution is -2.34. The van der Waals surface area contributed by atoms with E-state index in [0.29, 0.717) is 5.92 Å². The summed E-state index contributed by atoms with van der Waals surface area (Å²) in [6.45, 7) is 9.24. The molecule has 3 heteroatoms. The van der Waals surface area contributed by atoms with Gasteiger partial charge in [-0.3, -0.25) is 4.90 Å². The van der Waals surface area contributed by atoms with Crippen molar-refractivity contribution >= 4 is 0 Å². The van der Waals surface area contributed by atoms with Gasteiger partial charge < -0.3 is 4.74 Å². The van der Waals surface area contributed by atoms with Gasteiger partial charge in [0.05, 0.1) is 12.0 Å². The van der Waals surface area contributed by atoms with Crippen molar-refractivity contribution in [3.63, 3.8) is 0 Å². The molecule has 1 saturated carbocycles. The van der Waals surface area contributed by atoms with Crippen molar-refractivity contribution in [2.45, 2.75) is 71.8 Å². The van der Waals surface area contributed by atoms with Gasteiger partial charge >= 0.3 is 0 Å². The highest BCUT2D eigenvalue weighted by atomic mass is 16.5. The molecule has 0 N–H and O–H groups in total. The third-order valence-electron chi connectivity index (χ3n) is 3.78. The Balaban J connectivity index is 0.000000438. The minimum absolute atomic E-state index is 0.321. The van der Waals surface area contributed by atoms with Crippen molar-refractivity contribution in [1.82, 2.24) is 4.90 Å². The summed E-state index contributed by atoms with van der Waals surface area (Å²) in [4.78, 5) is 2.55. The van der Waals surface area contributed by atoms with E-state index in [2.05, 4.69) is 29.6 Å². The Morgan fingerprint density at radius 1 is 1.10 bits per heavy atom. The van der Waals surface area contributed by atoms with E-state index in [0.717, 1.165) is 25.6 Å². The van der Waals surface area contributed by atoms with E-state index in [9.17, 15) is 0 Å². The summed E-state index contributed by atoms with van der Waals surface area (Å²) < 4.78 is 4.54. The van der Waals surface area contributed by atoms with E-state index in [1.165, 1.54) is 45.1 Å². The smallest absolute Gasteiger partial charge is 0.0669 e. The molecule has 118 valence electrons. The first-order chi connectivity index (χ1) is 9.73. The lowest BCUT2D eigenvalue weighted by molar-refractivity contribution is 0.188. The van der Waals surface area contributed by atoms with Crippen LogP contribution in [0.15, 0.2) is 0 Å². The van der Waals surface area contributed by atoms with Crippen LogP contribution in [0.2, 0.25) is 0 Å². The number of nitrogens with zero attached hydrogens (tertiary/aromatic N) is 2. The molecule has 1 aliphatic carbocycles. The van der Waals surface area contributed by atoms with E-state index >= 15 is 0 Å². The van der Waals surface area contributed by atoms with Crippen LogP contribution < -0.4 is 0 Å². The number of nitriles is 1. The van der Waals surface area contributed by atoms with Gasteiger partial charge in [-0.1, -0.05) is 39.5 Å². The van der Waals surface area contributed by atoms with Crippen molar-refractivity contribution in [3.8, 4) is 6.07 Å². The summed E-state index contributed by atoms with van der Waals surface area (Å²) in [5, 5.41) is 8.81. The van der Waals surface area contributed by atoms with Crippen LogP contribution in [0.3, 0.4) is 0 Å². The van der Waals surface area contributed by atoms with Crippen LogP contribution in [0.25, 0.3) is 0 Å². The van der Waals surface area contributed by atoms with Gasteiger partial charge in [-0.2, -0.15) is 5.26 Å². The lowest BCUT2D eigenvalue weighted by atomic mass is 9.94. The quantitative estimate of drug-likeness (QED) is 0.760. The van der Waals surface area contributed by atoms with E-state index in [1.807, 2.05) is 6.92 Å². The number of ether oxygens (including phenoxy) is 1. The second kappa shape index (κ2) is 13.4. The van der Waals surface area contributed by atoms with Gasteiger partial charge in [0.2, 0.25) is 0 Å². The molecule has 1 atom stereocenters. The van der Waals surface area contributed by atoms with Gasteiger partial charge in [0, 0.05) is 26.3 Å². The Morgan fingerprint density at radius 3 is 2.05 bits per heavy atom. The Morgan fingerprint density at radius 2 is 1.65 bits per heavy atom. The van der Waals surface area contributed by atoms with Crippen LogP contribution in [-0.4, -0.2) is 37.7 Å². The maximum atomic E-state index is 8.81. The number of hydrogen-bond donors (Lipinski definition) is 0. The minimum Gasteiger partial charge on any atom is -0.385 e. The summed E-state index contributed by atoms with van der Waals surface area (Å²) >= 11 is 0. The van der Waals surface area contributed by atoms with Gasteiger partial charge in [0.1, 0.15) is 0 Å². The third kappa shape index (κ3) is 8.55. The first kappa shape index (κ1) is 19.4. The molecule has 0 aromatic heterocycles. The average molecular weight is 282 g/mol. The van der Waals surface area contributed by atoms with E-state index < -0.39 is 0 Å². The highest BCUT2D eigenvalue weighted by Gasteiger charge is 2.28. The average Bonchev–Trinajstić information content (AvgIpc) is 2.98. The van der Waals surface area contributed by atoms with E-state index in [-0.39, 0.29) is 0 Å². The van der Waals surface area contributed by atoms with Gasteiger partial charge in [0.25, 0.3) is 0 Å². The third-order valence-corrected chi connectivity index (χ3v) is 3.78. The molecule has 0 amide bonds. The molecule has 1 heterocycles. The molecular weight excluding hydrogens is 248 g/mol. The molecule has 0 aromatic rings. The molecule has 0 bridgehead atoms. The zero-order chi connectivity index (χ0) is 15.2. The Hall–Kier alpha value is -0.590. The van der Waals surface area contributed by atoms with Crippen LogP contribution in [0.5, 0.6) is 0 Å². The molecule has 1 aliphatic heterocycles. The molecular formula is C17H34N2O. The van der Waals surface area contributed by atoms with Crippen molar-refractivity contribution < 1.29 is 4.74 Å². The summed E-state index contributed by atoms with van der Waals surface area (Å²) in [7, 11) is 1.68. The van der Waals surface area contributed by atoms with Crippen molar-refractivity contribution in [1.29, 1.82) is 5.26 Å². The molecule has 2 aliphatic rings. The number of rotatable bonds is 2. The molecule has 2 rings (SSSR count). The second-order valence-electron chi connectivity index (χ2n) is 5.69. The second-order valence-corrected chi connectivity index (χ2v) is 5.69. The molecule has 2 fully saturated rings. The van der Waals surface area contributed by atoms with E-state index in [4.69, 9.17) is 5.26 Å². The zero-order valence-corrected chi connectivity index (χ0v) is 14.0. The normalized spacial score (nSPS) is 23.1. The Bertz CT molecular complexity index is 242. The highest BCUT2D eigenvalue weighted by molar-refractivity contribution is 4.93. The monoisotopic (exact) mass is 282 g/mol. The predicted molar refractivity (Wildman–Crippen MR) is 85.7 cm³/mol. The lowest BCUT2D eigenvalue weighted by Gasteiger charge is -2.30. The number of likely N-dealkylation sites (tertiary alicyclic amines) is 1. The van der Waals surface area contributed by atoms with Crippen LogP contribution in [0, 0.1) is 17.2 Å². The minimum atomic E-state index is 0.321. The van der Waals surface area contributed by atoms with E-state index in [1.54, 1.807) is 7.11 Å². The molecule has 0 spiro atoms. The fourth-order valence-electron chi connectivity index (χ4n) is 2.67. The molecule has 0 radical (unpaired) electrons. The van der Waals surface area contributed by atoms with Crippen molar-refractivity contribution in [2.24, 2.45) is 5.92 Å². The molecule has 0 aromatic carbocycles. The Kier molecular flexibility index (Phi) is 13.0. The summed E-state index contributed by atoms with van der Waals surface area (Å²) in [5.74, 6) is 0.321. The zero-order valence-electron chi connectivity index (χ0n) is 14.0. The first-order valence-corrected chi connectivity index (χ1v) is 8.35. The van der Waals surface area contributed by atoms with Gasteiger partial charge in [0.15, 0.2) is 0 Å². The highest BCUT2D eigenvalue weighted by Crippen LogP contribution is 2.27. The topological polar surface area (TPSA) is 36.3 Å². The molecule has 0 unspecified atom stereocenters. The van der Waals surface area contributed by atoms with Crippen LogP contribution in [0.1, 0.15) is 65.7 Å². The summed E-state index contributed by atoms with van der Waals surface area (Å²) in [6.07, 6.45) is 9.33. The fourth-order valence-corrected chi connectivity index (χ4v) is 2.67. The Labute approximate surface area is 126 Å². The van der Waals surface area contributed by atoms with Gasteiger partial charge in [-0.05, 0) is 32.7 Å². The molecule has 20 heavy (non-hydrogen) atoms. The predicted octanol–water partition coefficient (Wildman–Crippen LogP) is 4.23. The van der Waals surface area contributed by atoms with Gasteiger partial charge in [-0.25, -0.2) is 0 Å². The first-order valence-electron chi connectivity index (χ1n) is 8.35. The largest absolute Gasteiger partial charge is 0.385 e. The molecule has 3 nitrogen and oxygen atoms in total.